The Morgan fingerprint density at radius 3 is 2.65 bits per heavy atom. The number of aromatic nitrogens is 1. The van der Waals surface area contributed by atoms with E-state index < -0.39 is 0 Å². The Bertz CT molecular complexity index is 536. The molecule has 0 aliphatic carbocycles. The van der Waals surface area contributed by atoms with Gasteiger partial charge in [-0.15, -0.1) is 11.3 Å². The standard InChI is InChI=1S/C13H14BrNOS/c1-8-9(2)12(16-3)5-4-10(8)11-7-17-13(6-14)15-11/h4-5,7H,6H2,1-3H3. The summed E-state index contributed by atoms with van der Waals surface area (Å²) in [6, 6.07) is 4.08. The van der Waals surface area contributed by atoms with E-state index in [2.05, 4.69) is 46.2 Å². The molecule has 17 heavy (non-hydrogen) atoms. The normalized spacial score (nSPS) is 10.6. The fraction of sp³-hybridized carbons (Fsp3) is 0.308. The first-order valence-electron chi connectivity index (χ1n) is 5.32. The highest BCUT2D eigenvalue weighted by Crippen LogP contribution is 2.31. The van der Waals surface area contributed by atoms with Gasteiger partial charge in [0.2, 0.25) is 0 Å². The number of nitrogens with zero attached hydrogens (tertiary/aromatic N) is 1. The second kappa shape index (κ2) is 5.19. The van der Waals surface area contributed by atoms with Crippen molar-refractivity contribution in [3.8, 4) is 17.0 Å². The third kappa shape index (κ3) is 2.38. The van der Waals surface area contributed by atoms with E-state index in [0.717, 1.165) is 21.8 Å². The lowest BCUT2D eigenvalue weighted by molar-refractivity contribution is 0.411. The molecule has 2 rings (SSSR count). The van der Waals surface area contributed by atoms with Gasteiger partial charge in [0, 0.05) is 10.9 Å². The van der Waals surface area contributed by atoms with Crippen LogP contribution in [0.1, 0.15) is 16.1 Å². The summed E-state index contributed by atoms with van der Waals surface area (Å²) in [5.41, 5.74) is 4.65. The number of benzene rings is 1. The van der Waals surface area contributed by atoms with Gasteiger partial charge in [0.15, 0.2) is 0 Å². The predicted molar refractivity (Wildman–Crippen MR) is 76.2 cm³/mol. The average molecular weight is 312 g/mol. The summed E-state index contributed by atoms with van der Waals surface area (Å²) < 4.78 is 5.32. The van der Waals surface area contributed by atoms with Crippen molar-refractivity contribution in [2.75, 3.05) is 7.11 Å². The number of halogens is 1. The van der Waals surface area contributed by atoms with Gasteiger partial charge in [-0.25, -0.2) is 4.98 Å². The first-order valence-corrected chi connectivity index (χ1v) is 7.32. The molecule has 1 aromatic carbocycles. The molecule has 2 nitrogen and oxygen atoms in total. The summed E-state index contributed by atoms with van der Waals surface area (Å²) in [6.07, 6.45) is 0. The Morgan fingerprint density at radius 2 is 2.06 bits per heavy atom. The molecule has 0 saturated carbocycles. The molecule has 0 aliphatic heterocycles. The highest BCUT2D eigenvalue weighted by atomic mass is 79.9. The van der Waals surface area contributed by atoms with Crippen molar-refractivity contribution in [3.63, 3.8) is 0 Å². The Kier molecular flexibility index (Phi) is 3.84. The maximum Gasteiger partial charge on any atom is 0.122 e. The summed E-state index contributed by atoms with van der Waals surface area (Å²) in [4.78, 5) is 4.59. The summed E-state index contributed by atoms with van der Waals surface area (Å²) >= 11 is 5.11. The fourth-order valence-corrected chi connectivity index (χ4v) is 2.95. The smallest absolute Gasteiger partial charge is 0.122 e. The average Bonchev–Trinajstić information content (AvgIpc) is 2.81. The van der Waals surface area contributed by atoms with E-state index >= 15 is 0 Å². The van der Waals surface area contributed by atoms with Crippen molar-refractivity contribution < 1.29 is 4.74 Å². The van der Waals surface area contributed by atoms with E-state index in [1.807, 2.05) is 6.07 Å². The minimum absolute atomic E-state index is 0.811. The maximum absolute atomic E-state index is 5.32. The Hall–Kier alpha value is -0.870. The molecular weight excluding hydrogens is 298 g/mol. The van der Waals surface area contributed by atoms with Crippen LogP contribution in [0.4, 0.5) is 0 Å². The molecule has 0 unspecified atom stereocenters. The number of alkyl halides is 1. The molecule has 0 N–H and O–H groups in total. The van der Waals surface area contributed by atoms with Crippen LogP contribution in [0.2, 0.25) is 0 Å². The van der Waals surface area contributed by atoms with E-state index in [1.54, 1.807) is 18.4 Å². The molecule has 0 aliphatic rings. The predicted octanol–water partition coefficient (Wildman–Crippen LogP) is 4.33. The second-order valence-corrected chi connectivity index (χ2v) is 5.33. The number of ether oxygens (including phenoxy) is 1. The first-order chi connectivity index (χ1) is 8.17. The van der Waals surface area contributed by atoms with E-state index in [0.29, 0.717) is 0 Å². The van der Waals surface area contributed by atoms with Crippen LogP contribution >= 0.6 is 27.3 Å². The quantitative estimate of drug-likeness (QED) is 0.787. The summed E-state index contributed by atoms with van der Waals surface area (Å²) in [5.74, 6) is 0.933. The van der Waals surface area contributed by atoms with Crippen LogP contribution in [0, 0.1) is 13.8 Å². The number of hydrogen-bond acceptors (Lipinski definition) is 3. The van der Waals surface area contributed by atoms with Crippen molar-refractivity contribution in [3.05, 3.63) is 33.6 Å². The minimum Gasteiger partial charge on any atom is -0.496 e. The van der Waals surface area contributed by atoms with Crippen LogP contribution in [0.5, 0.6) is 5.75 Å². The summed E-state index contributed by atoms with van der Waals surface area (Å²) in [6.45, 7) is 4.19. The molecule has 0 radical (unpaired) electrons. The van der Waals surface area contributed by atoms with E-state index in [1.165, 1.54) is 16.7 Å². The molecule has 0 amide bonds. The molecule has 0 atom stereocenters. The van der Waals surface area contributed by atoms with Crippen molar-refractivity contribution in [1.29, 1.82) is 0 Å². The zero-order chi connectivity index (χ0) is 12.4. The van der Waals surface area contributed by atoms with Gasteiger partial charge in [-0.1, -0.05) is 15.9 Å². The molecule has 4 heteroatoms. The lowest BCUT2D eigenvalue weighted by Crippen LogP contribution is -1.93. The van der Waals surface area contributed by atoms with E-state index in [-0.39, 0.29) is 0 Å². The lowest BCUT2D eigenvalue weighted by atomic mass is 10.0. The first kappa shape index (κ1) is 12.6. The number of methoxy groups -OCH3 is 1. The van der Waals surface area contributed by atoms with Gasteiger partial charge in [-0.05, 0) is 37.1 Å². The van der Waals surface area contributed by atoms with Gasteiger partial charge in [0.25, 0.3) is 0 Å². The summed E-state index contributed by atoms with van der Waals surface area (Å²) in [5, 5.41) is 4.02. The third-order valence-corrected chi connectivity index (χ3v) is 4.65. The van der Waals surface area contributed by atoms with Gasteiger partial charge in [0.05, 0.1) is 18.1 Å². The minimum atomic E-state index is 0.811. The highest BCUT2D eigenvalue weighted by molar-refractivity contribution is 9.08. The van der Waals surface area contributed by atoms with Crippen LogP contribution in [0.3, 0.4) is 0 Å². The zero-order valence-corrected chi connectivity index (χ0v) is 12.5. The van der Waals surface area contributed by atoms with Crippen LogP contribution in [0.15, 0.2) is 17.5 Å². The van der Waals surface area contributed by atoms with Crippen LogP contribution in [-0.4, -0.2) is 12.1 Å². The molecule has 0 saturated heterocycles. The van der Waals surface area contributed by atoms with Crippen molar-refractivity contribution in [2.45, 2.75) is 19.2 Å². The monoisotopic (exact) mass is 311 g/mol. The molecule has 1 heterocycles. The Balaban J connectivity index is 2.49. The Morgan fingerprint density at radius 1 is 1.29 bits per heavy atom. The van der Waals surface area contributed by atoms with Crippen LogP contribution in [-0.2, 0) is 5.33 Å². The fourth-order valence-electron chi connectivity index (χ4n) is 1.79. The lowest BCUT2D eigenvalue weighted by Gasteiger charge is -2.10. The molecule has 90 valence electrons. The molecule has 1 aromatic heterocycles. The SMILES string of the molecule is COc1ccc(-c2csc(CBr)n2)c(C)c1C. The zero-order valence-electron chi connectivity index (χ0n) is 10.1. The van der Waals surface area contributed by atoms with Crippen molar-refractivity contribution in [2.24, 2.45) is 0 Å². The Labute approximate surface area is 114 Å². The topological polar surface area (TPSA) is 22.1 Å². The second-order valence-electron chi connectivity index (χ2n) is 3.83. The van der Waals surface area contributed by atoms with Gasteiger partial charge < -0.3 is 4.74 Å². The van der Waals surface area contributed by atoms with Crippen molar-refractivity contribution in [1.82, 2.24) is 4.98 Å². The van der Waals surface area contributed by atoms with E-state index in [4.69, 9.17) is 4.74 Å². The van der Waals surface area contributed by atoms with Crippen LogP contribution < -0.4 is 4.74 Å². The largest absolute Gasteiger partial charge is 0.496 e. The van der Waals surface area contributed by atoms with Crippen LogP contribution in [0.25, 0.3) is 11.3 Å². The van der Waals surface area contributed by atoms with Gasteiger partial charge in [-0.2, -0.15) is 0 Å². The number of hydrogen-bond donors (Lipinski definition) is 0. The highest BCUT2D eigenvalue weighted by Gasteiger charge is 2.10. The van der Waals surface area contributed by atoms with Crippen molar-refractivity contribution >= 4 is 27.3 Å². The molecule has 2 aromatic rings. The molecule has 0 bridgehead atoms. The summed E-state index contributed by atoms with van der Waals surface area (Å²) in [7, 11) is 1.70. The van der Waals surface area contributed by atoms with Gasteiger partial charge >= 0.3 is 0 Å². The molecule has 0 spiro atoms. The maximum atomic E-state index is 5.32. The van der Waals surface area contributed by atoms with Gasteiger partial charge in [0.1, 0.15) is 10.8 Å². The van der Waals surface area contributed by atoms with E-state index in [9.17, 15) is 0 Å². The third-order valence-electron chi connectivity index (χ3n) is 2.90. The molecular formula is C13H14BrNOS. The van der Waals surface area contributed by atoms with Gasteiger partial charge in [-0.3, -0.25) is 0 Å². The number of thiazole rings is 1. The number of rotatable bonds is 3. The molecule has 0 fully saturated rings.